The Balaban J connectivity index is 1.72. The van der Waals surface area contributed by atoms with Gasteiger partial charge in [0, 0.05) is 55.3 Å². The molecule has 2 amide bonds. The van der Waals surface area contributed by atoms with Gasteiger partial charge in [0.25, 0.3) is 5.91 Å². The second-order valence-corrected chi connectivity index (χ2v) is 8.36. The Hall–Kier alpha value is -2.12. The van der Waals surface area contributed by atoms with E-state index in [9.17, 15) is 9.59 Å². The lowest BCUT2D eigenvalue weighted by Gasteiger charge is -2.28. The summed E-state index contributed by atoms with van der Waals surface area (Å²) >= 11 is 3.39. The van der Waals surface area contributed by atoms with Gasteiger partial charge in [-0.05, 0) is 55.7 Å². The zero-order valence-electron chi connectivity index (χ0n) is 17.0. The first-order valence-corrected chi connectivity index (χ1v) is 10.7. The molecule has 1 aromatic heterocycles. The highest BCUT2D eigenvalue weighted by Crippen LogP contribution is 2.28. The summed E-state index contributed by atoms with van der Waals surface area (Å²) in [7, 11) is 3.62. The number of rotatable bonds is 10. The Morgan fingerprint density at radius 1 is 1.21 bits per heavy atom. The topological polar surface area (TPSA) is 54.8 Å². The number of nitrogens with zero attached hydrogens (tertiary/aromatic N) is 3. The lowest BCUT2D eigenvalue weighted by Crippen LogP contribution is -2.44. The molecule has 0 saturated heterocycles. The van der Waals surface area contributed by atoms with Crippen LogP contribution in [-0.4, -0.2) is 59.0 Å². The molecule has 0 spiro atoms. The number of aromatic nitrogens is 1. The fourth-order valence-electron chi connectivity index (χ4n) is 3.32. The van der Waals surface area contributed by atoms with Crippen molar-refractivity contribution in [2.75, 3.05) is 26.8 Å². The first-order valence-electron chi connectivity index (χ1n) is 9.93. The molecule has 1 saturated carbocycles. The van der Waals surface area contributed by atoms with Crippen LogP contribution >= 0.6 is 15.9 Å². The third-order valence-electron chi connectivity index (χ3n) is 5.17. The van der Waals surface area contributed by atoms with Gasteiger partial charge in [0.05, 0.1) is 6.54 Å². The molecule has 1 heterocycles. The summed E-state index contributed by atoms with van der Waals surface area (Å²) in [6.45, 7) is 1.69. The van der Waals surface area contributed by atoms with Crippen LogP contribution in [0.4, 0.5) is 0 Å². The van der Waals surface area contributed by atoms with Crippen molar-refractivity contribution in [2.45, 2.75) is 31.8 Å². The van der Waals surface area contributed by atoms with Gasteiger partial charge in [-0.2, -0.15) is 0 Å². The molecule has 7 heteroatoms. The molecule has 0 aliphatic heterocycles. The number of aryl methyl sites for hydroxylation is 1. The number of hydrogen-bond acceptors (Lipinski definition) is 3. The van der Waals surface area contributed by atoms with E-state index in [1.165, 1.54) is 0 Å². The van der Waals surface area contributed by atoms with Crippen LogP contribution in [0.25, 0.3) is 0 Å². The zero-order chi connectivity index (χ0) is 20.8. The maximum Gasteiger partial charge on any atom is 0.254 e. The van der Waals surface area contributed by atoms with Crippen LogP contribution in [0.15, 0.2) is 47.1 Å². The molecule has 0 unspecified atom stereocenters. The highest BCUT2D eigenvalue weighted by Gasteiger charge is 2.34. The second-order valence-electron chi connectivity index (χ2n) is 7.44. The van der Waals surface area contributed by atoms with Crippen molar-refractivity contribution in [1.82, 2.24) is 14.4 Å². The van der Waals surface area contributed by atoms with E-state index < -0.39 is 0 Å². The van der Waals surface area contributed by atoms with Gasteiger partial charge in [-0.3, -0.25) is 9.59 Å². The zero-order valence-corrected chi connectivity index (χ0v) is 18.6. The summed E-state index contributed by atoms with van der Waals surface area (Å²) in [6.07, 6.45) is 4.73. The molecule has 1 aromatic carbocycles. The van der Waals surface area contributed by atoms with Crippen molar-refractivity contribution in [2.24, 2.45) is 7.05 Å². The Morgan fingerprint density at radius 2 is 1.93 bits per heavy atom. The first kappa shape index (κ1) is 21.6. The van der Waals surface area contributed by atoms with Crippen LogP contribution in [0.1, 0.15) is 35.3 Å². The number of benzene rings is 1. The summed E-state index contributed by atoms with van der Waals surface area (Å²) in [5.41, 5.74) is 1.68. The molecule has 156 valence electrons. The van der Waals surface area contributed by atoms with Crippen LogP contribution in [0.5, 0.6) is 0 Å². The van der Waals surface area contributed by atoms with Crippen LogP contribution in [-0.2, 0) is 23.1 Å². The van der Waals surface area contributed by atoms with Gasteiger partial charge in [0.1, 0.15) is 6.54 Å². The number of halogens is 1. The average molecular weight is 462 g/mol. The Morgan fingerprint density at radius 3 is 2.52 bits per heavy atom. The Labute approximate surface area is 180 Å². The van der Waals surface area contributed by atoms with E-state index in [4.69, 9.17) is 4.74 Å². The lowest BCUT2D eigenvalue weighted by atomic mass is 10.2. The molecule has 6 nitrogen and oxygen atoms in total. The molecule has 29 heavy (non-hydrogen) atoms. The normalized spacial score (nSPS) is 13.3. The van der Waals surface area contributed by atoms with Crippen LogP contribution in [0, 0.1) is 0 Å². The third-order valence-corrected chi connectivity index (χ3v) is 5.70. The smallest absolute Gasteiger partial charge is 0.254 e. The third kappa shape index (κ3) is 5.93. The molecule has 0 radical (unpaired) electrons. The summed E-state index contributed by atoms with van der Waals surface area (Å²) in [5.74, 6) is -0.131. The van der Waals surface area contributed by atoms with Crippen LogP contribution in [0.2, 0.25) is 0 Å². The monoisotopic (exact) mass is 461 g/mol. The van der Waals surface area contributed by atoms with Gasteiger partial charge < -0.3 is 19.1 Å². The van der Waals surface area contributed by atoms with Gasteiger partial charge in [0.2, 0.25) is 5.91 Å². The van der Waals surface area contributed by atoms with Crippen LogP contribution in [0.3, 0.4) is 0 Å². The van der Waals surface area contributed by atoms with Crippen molar-refractivity contribution >= 4 is 27.7 Å². The minimum atomic E-state index is -0.128. The predicted octanol–water partition coefficient (Wildman–Crippen LogP) is 3.46. The van der Waals surface area contributed by atoms with Gasteiger partial charge >= 0.3 is 0 Å². The summed E-state index contributed by atoms with van der Waals surface area (Å²) in [6, 6.07) is 11.5. The number of amides is 2. The Bertz CT molecular complexity index is 830. The molecule has 0 atom stereocenters. The van der Waals surface area contributed by atoms with E-state index >= 15 is 0 Å². The SMILES string of the molecule is COCCCN(CC(=O)N(Cc1cccn1C)C1CC1)C(=O)c1ccc(Br)cc1. The van der Waals surface area contributed by atoms with Crippen molar-refractivity contribution in [3.63, 3.8) is 0 Å². The fourth-order valence-corrected chi connectivity index (χ4v) is 3.59. The van der Waals surface area contributed by atoms with E-state index in [0.717, 1.165) is 23.0 Å². The predicted molar refractivity (Wildman–Crippen MR) is 116 cm³/mol. The van der Waals surface area contributed by atoms with E-state index in [-0.39, 0.29) is 24.4 Å². The number of ether oxygens (including phenoxy) is 1. The summed E-state index contributed by atoms with van der Waals surface area (Å²) < 4.78 is 8.08. The molecular weight excluding hydrogens is 434 g/mol. The van der Waals surface area contributed by atoms with Gasteiger partial charge in [-0.15, -0.1) is 0 Å². The summed E-state index contributed by atoms with van der Waals surface area (Å²) in [4.78, 5) is 29.8. The lowest BCUT2D eigenvalue weighted by molar-refractivity contribution is -0.133. The maximum atomic E-state index is 13.2. The molecule has 1 aliphatic carbocycles. The number of hydrogen-bond donors (Lipinski definition) is 0. The van der Waals surface area contributed by atoms with Gasteiger partial charge in [-0.1, -0.05) is 15.9 Å². The average Bonchev–Trinajstić information content (AvgIpc) is 3.47. The van der Waals surface area contributed by atoms with Gasteiger partial charge in [0.15, 0.2) is 0 Å². The van der Waals surface area contributed by atoms with E-state index in [1.807, 2.05) is 47.0 Å². The first-order chi connectivity index (χ1) is 14.0. The maximum absolute atomic E-state index is 13.2. The van der Waals surface area contributed by atoms with E-state index in [2.05, 4.69) is 15.9 Å². The van der Waals surface area contributed by atoms with E-state index in [0.29, 0.717) is 31.7 Å². The number of methoxy groups -OCH3 is 1. The molecule has 1 fully saturated rings. The quantitative estimate of drug-likeness (QED) is 0.509. The standard InChI is InChI=1S/C22H28BrN3O3/c1-24-12-3-5-20(24)15-26(19-10-11-19)21(27)16-25(13-4-14-29-2)22(28)17-6-8-18(23)9-7-17/h3,5-9,12,19H,4,10-11,13-16H2,1-2H3. The molecule has 3 rings (SSSR count). The second kappa shape index (κ2) is 10.1. The summed E-state index contributed by atoms with van der Waals surface area (Å²) in [5, 5.41) is 0. The highest BCUT2D eigenvalue weighted by molar-refractivity contribution is 9.10. The van der Waals surface area contributed by atoms with Crippen molar-refractivity contribution in [3.8, 4) is 0 Å². The van der Waals surface area contributed by atoms with E-state index in [1.54, 1.807) is 24.1 Å². The minimum Gasteiger partial charge on any atom is -0.385 e. The molecular formula is C22H28BrN3O3. The van der Waals surface area contributed by atoms with Crippen LogP contribution < -0.4 is 0 Å². The number of carbonyl (C=O) groups excluding carboxylic acids is 2. The highest BCUT2D eigenvalue weighted by atomic mass is 79.9. The fraction of sp³-hybridized carbons (Fsp3) is 0.455. The minimum absolute atomic E-state index is 0.00317. The van der Waals surface area contributed by atoms with Crippen molar-refractivity contribution in [3.05, 3.63) is 58.3 Å². The molecule has 0 bridgehead atoms. The van der Waals surface area contributed by atoms with Crippen molar-refractivity contribution in [1.29, 1.82) is 0 Å². The largest absolute Gasteiger partial charge is 0.385 e. The van der Waals surface area contributed by atoms with Gasteiger partial charge in [-0.25, -0.2) is 0 Å². The Kier molecular flexibility index (Phi) is 7.50. The van der Waals surface area contributed by atoms with Crippen molar-refractivity contribution < 1.29 is 14.3 Å². The molecule has 0 N–H and O–H groups in total. The molecule has 1 aliphatic rings. The number of carbonyl (C=O) groups is 2. The molecule has 2 aromatic rings.